The fourth-order valence-electron chi connectivity index (χ4n) is 3.48. The number of benzene rings is 1. The molecule has 1 aliphatic rings. The summed E-state index contributed by atoms with van der Waals surface area (Å²) in [5.74, 6) is 1.63. The first kappa shape index (κ1) is 19.1. The zero-order chi connectivity index (χ0) is 19.5. The molecule has 0 spiro atoms. The number of pyridine rings is 1. The highest BCUT2D eigenvalue weighted by Crippen LogP contribution is 2.40. The minimum Gasteiger partial charge on any atom is -0.459 e. The van der Waals surface area contributed by atoms with Crippen molar-refractivity contribution in [2.45, 2.75) is 18.5 Å². The molecule has 28 heavy (non-hydrogen) atoms. The van der Waals surface area contributed by atoms with Gasteiger partial charge in [0, 0.05) is 29.4 Å². The minimum absolute atomic E-state index is 0.113. The maximum Gasteiger partial charge on any atom is 0.170 e. The molecule has 1 saturated heterocycles. The quantitative estimate of drug-likeness (QED) is 0.532. The van der Waals surface area contributed by atoms with Crippen molar-refractivity contribution >= 4 is 33.3 Å². The van der Waals surface area contributed by atoms with E-state index in [1.165, 1.54) is 0 Å². The fraction of sp³-hybridized carbons (Fsp3) is 0.238. The maximum absolute atomic E-state index is 9.30. The van der Waals surface area contributed by atoms with E-state index in [2.05, 4.69) is 31.1 Å². The first-order chi connectivity index (χ1) is 13.7. The standard InChI is InChI=1S/C21H20BrN3O2S/c22-15-7-5-14(6-8-15)17-9-10-18(27-17)20-19(16-4-1-2-11-23-16)24-21(28)25(20)12-3-13-26/h1-2,4-11,19-20,26H,3,12-13H2,(H,24,28)/t19-,20+/m0/s1. The largest absolute Gasteiger partial charge is 0.459 e. The lowest BCUT2D eigenvalue weighted by Gasteiger charge is -2.25. The summed E-state index contributed by atoms with van der Waals surface area (Å²) < 4.78 is 7.28. The molecule has 1 aromatic carbocycles. The number of aliphatic hydroxyl groups excluding tert-OH is 1. The molecule has 0 unspecified atom stereocenters. The SMILES string of the molecule is OCCCN1C(=S)N[C@@H](c2ccccn2)[C@H]1c1ccc(-c2ccc(Br)cc2)o1. The summed E-state index contributed by atoms with van der Waals surface area (Å²) in [6, 6.07) is 17.6. The van der Waals surface area contributed by atoms with E-state index in [0.29, 0.717) is 18.1 Å². The van der Waals surface area contributed by atoms with Gasteiger partial charge in [-0.2, -0.15) is 0 Å². The molecule has 0 radical (unpaired) electrons. The van der Waals surface area contributed by atoms with Gasteiger partial charge in [0.2, 0.25) is 0 Å². The van der Waals surface area contributed by atoms with Crippen LogP contribution < -0.4 is 5.32 Å². The number of furan rings is 1. The Morgan fingerprint density at radius 3 is 2.68 bits per heavy atom. The molecule has 3 aromatic rings. The molecule has 0 bridgehead atoms. The van der Waals surface area contributed by atoms with Crippen LogP contribution in [0.2, 0.25) is 0 Å². The van der Waals surface area contributed by atoms with Crippen LogP contribution in [0.1, 0.15) is 30.0 Å². The van der Waals surface area contributed by atoms with E-state index in [1.54, 1.807) is 6.20 Å². The number of thiocarbonyl (C=S) groups is 1. The highest BCUT2D eigenvalue weighted by molar-refractivity contribution is 9.10. The molecule has 5 nitrogen and oxygen atoms in total. The summed E-state index contributed by atoms with van der Waals surface area (Å²) in [7, 11) is 0. The van der Waals surface area contributed by atoms with E-state index in [9.17, 15) is 5.11 Å². The predicted molar refractivity (Wildman–Crippen MR) is 116 cm³/mol. The number of rotatable bonds is 6. The van der Waals surface area contributed by atoms with Crippen molar-refractivity contribution in [1.82, 2.24) is 15.2 Å². The Morgan fingerprint density at radius 2 is 1.96 bits per heavy atom. The van der Waals surface area contributed by atoms with Crippen molar-refractivity contribution in [3.8, 4) is 11.3 Å². The Morgan fingerprint density at radius 1 is 1.14 bits per heavy atom. The van der Waals surface area contributed by atoms with Crippen molar-refractivity contribution in [3.63, 3.8) is 0 Å². The van der Waals surface area contributed by atoms with Gasteiger partial charge in [-0.3, -0.25) is 4.98 Å². The molecule has 1 aliphatic heterocycles. The summed E-state index contributed by atoms with van der Waals surface area (Å²) in [5.41, 5.74) is 1.92. The number of halogens is 1. The van der Waals surface area contributed by atoms with Crippen LogP contribution in [-0.2, 0) is 0 Å². The second-order valence-corrected chi connectivity index (χ2v) is 7.91. The molecular formula is C21H20BrN3O2S. The Kier molecular flexibility index (Phi) is 5.75. The Balaban J connectivity index is 1.70. The average molecular weight is 458 g/mol. The lowest BCUT2D eigenvalue weighted by atomic mass is 10.0. The predicted octanol–water partition coefficient (Wildman–Crippen LogP) is 4.46. The number of hydrogen-bond acceptors (Lipinski definition) is 4. The van der Waals surface area contributed by atoms with Gasteiger partial charge in [-0.05, 0) is 55.0 Å². The van der Waals surface area contributed by atoms with Crippen molar-refractivity contribution in [1.29, 1.82) is 0 Å². The Hall–Kier alpha value is -2.22. The first-order valence-corrected chi connectivity index (χ1v) is 10.3. The highest BCUT2D eigenvalue weighted by Gasteiger charge is 2.41. The normalized spacial score (nSPS) is 19.1. The average Bonchev–Trinajstić information content (AvgIpc) is 3.32. The molecule has 0 amide bonds. The van der Waals surface area contributed by atoms with Crippen LogP contribution in [0.25, 0.3) is 11.3 Å². The fourth-order valence-corrected chi connectivity index (χ4v) is 4.07. The lowest BCUT2D eigenvalue weighted by Crippen LogP contribution is -2.30. The monoisotopic (exact) mass is 457 g/mol. The lowest BCUT2D eigenvalue weighted by molar-refractivity contribution is 0.233. The second-order valence-electron chi connectivity index (χ2n) is 6.61. The number of hydrogen-bond donors (Lipinski definition) is 2. The van der Waals surface area contributed by atoms with E-state index >= 15 is 0 Å². The molecule has 2 atom stereocenters. The molecule has 7 heteroatoms. The number of aliphatic hydroxyl groups is 1. The van der Waals surface area contributed by atoms with E-state index in [0.717, 1.165) is 27.3 Å². The van der Waals surface area contributed by atoms with Gasteiger partial charge in [0.15, 0.2) is 5.11 Å². The van der Waals surface area contributed by atoms with Crippen molar-refractivity contribution in [2.75, 3.05) is 13.2 Å². The van der Waals surface area contributed by atoms with Gasteiger partial charge in [0.1, 0.15) is 17.6 Å². The zero-order valence-electron chi connectivity index (χ0n) is 15.1. The molecule has 3 heterocycles. The summed E-state index contributed by atoms with van der Waals surface area (Å²) in [4.78, 5) is 6.59. The number of aromatic nitrogens is 1. The molecule has 4 rings (SSSR count). The van der Waals surface area contributed by atoms with E-state index in [-0.39, 0.29) is 18.7 Å². The zero-order valence-corrected chi connectivity index (χ0v) is 17.5. The Labute approximate surface area is 177 Å². The van der Waals surface area contributed by atoms with Crippen molar-refractivity contribution in [3.05, 3.63) is 76.7 Å². The van der Waals surface area contributed by atoms with Gasteiger partial charge >= 0.3 is 0 Å². The van der Waals surface area contributed by atoms with E-state index < -0.39 is 0 Å². The summed E-state index contributed by atoms with van der Waals surface area (Å²) in [5, 5.41) is 13.3. The topological polar surface area (TPSA) is 61.5 Å². The molecule has 1 fully saturated rings. The smallest absolute Gasteiger partial charge is 0.170 e. The van der Waals surface area contributed by atoms with E-state index in [1.807, 2.05) is 54.6 Å². The summed E-state index contributed by atoms with van der Waals surface area (Å²) in [6.45, 7) is 0.757. The molecule has 144 valence electrons. The molecule has 2 aromatic heterocycles. The van der Waals surface area contributed by atoms with Gasteiger partial charge in [-0.25, -0.2) is 0 Å². The maximum atomic E-state index is 9.30. The first-order valence-electron chi connectivity index (χ1n) is 9.12. The molecule has 0 saturated carbocycles. The third-order valence-electron chi connectivity index (χ3n) is 4.80. The van der Waals surface area contributed by atoms with Crippen LogP contribution in [0.4, 0.5) is 0 Å². The van der Waals surface area contributed by atoms with Crippen LogP contribution >= 0.6 is 28.1 Å². The van der Waals surface area contributed by atoms with Crippen LogP contribution in [0.5, 0.6) is 0 Å². The summed E-state index contributed by atoms with van der Waals surface area (Å²) in [6.07, 6.45) is 2.41. The van der Waals surface area contributed by atoms with E-state index in [4.69, 9.17) is 16.6 Å². The van der Waals surface area contributed by atoms with Gasteiger partial charge in [-0.1, -0.05) is 34.1 Å². The van der Waals surface area contributed by atoms with Gasteiger partial charge in [0.25, 0.3) is 0 Å². The van der Waals surface area contributed by atoms with Gasteiger partial charge in [0.05, 0.1) is 11.7 Å². The van der Waals surface area contributed by atoms with Crippen LogP contribution in [0.15, 0.2) is 69.7 Å². The third-order valence-corrected chi connectivity index (χ3v) is 5.68. The molecule has 0 aliphatic carbocycles. The third kappa shape index (κ3) is 3.83. The highest BCUT2D eigenvalue weighted by atomic mass is 79.9. The summed E-state index contributed by atoms with van der Waals surface area (Å²) >= 11 is 9.04. The molecule has 2 N–H and O–H groups in total. The Bertz CT molecular complexity index is 946. The van der Waals surface area contributed by atoms with Crippen LogP contribution in [0.3, 0.4) is 0 Å². The minimum atomic E-state index is -0.127. The number of nitrogens with one attached hydrogen (secondary N) is 1. The number of nitrogens with zero attached hydrogens (tertiary/aromatic N) is 2. The van der Waals surface area contributed by atoms with Crippen LogP contribution in [-0.4, -0.2) is 33.3 Å². The van der Waals surface area contributed by atoms with Crippen molar-refractivity contribution < 1.29 is 9.52 Å². The van der Waals surface area contributed by atoms with Gasteiger partial charge < -0.3 is 19.7 Å². The van der Waals surface area contributed by atoms with Crippen LogP contribution in [0, 0.1) is 0 Å². The van der Waals surface area contributed by atoms with Crippen molar-refractivity contribution in [2.24, 2.45) is 0 Å². The van der Waals surface area contributed by atoms with Gasteiger partial charge in [-0.15, -0.1) is 0 Å². The second kappa shape index (κ2) is 8.43. The molecular weight excluding hydrogens is 438 g/mol.